The minimum absolute atomic E-state index is 0.330. The maximum Gasteiger partial charge on any atom is 0.290 e. The van der Waals surface area contributed by atoms with E-state index in [9.17, 15) is 9.59 Å². The molecule has 1 fully saturated rings. The number of carbonyl (C=O) groups excluding carboxylic acids is 2. The molecule has 6 heteroatoms. The highest BCUT2D eigenvalue weighted by Gasteiger charge is 2.24. The number of benzene rings is 2. The van der Waals surface area contributed by atoms with Crippen molar-refractivity contribution in [1.29, 1.82) is 0 Å². The summed E-state index contributed by atoms with van der Waals surface area (Å²) in [7, 11) is 2.11. The van der Waals surface area contributed by atoms with E-state index in [2.05, 4.69) is 41.5 Å². The molecule has 0 aliphatic carbocycles. The summed E-state index contributed by atoms with van der Waals surface area (Å²) in [5, 5.41) is 1.92. The Morgan fingerprint density at radius 3 is 2.46 bits per heavy atom. The maximum absolute atomic E-state index is 11.6. The predicted molar refractivity (Wildman–Crippen MR) is 113 cm³/mol. The molecule has 0 radical (unpaired) electrons. The highest BCUT2D eigenvalue weighted by Crippen LogP contribution is 2.26. The fourth-order valence-corrected chi connectivity index (χ4v) is 3.54. The van der Waals surface area contributed by atoms with E-state index in [4.69, 9.17) is 4.74 Å². The smallest absolute Gasteiger partial charge is 0.290 e. The van der Waals surface area contributed by atoms with Crippen molar-refractivity contribution in [1.82, 2.24) is 10.2 Å². The molecule has 2 aromatic carbocycles. The molecular weight excluding hydrogens is 372 g/mol. The van der Waals surface area contributed by atoms with Crippen LogP contribution < -0.4 is 10.1 Å². The number of ether oxygens (including phenoxy) is 1. The molecule has 0 aromatic heterocycles. The summed E-state index contributed by atoms with van der Waals surface area (Å²) in [6.45, 7) is 2.51. The number of aryl methyl sites for hydroxylation is 1. The van der Waals surface area contributed by atoms with Crippen molar-refractivity contribution in [3.63, 3.8) is 0 Å². The van der Waals surface area contributed by atoms with E-state index >= 15 is 0 Å². The fourth-order valence-electron chi connectivity index (χ4n) is 2.86. The number of amides is 2. The third-order valence-corrected chi connectivity index (χ3v) is 5.22. The lowest BCUT2D eigenvalue weighted by Gasteiger charge is -2.17. The van der Waals surface area contributed by atoms with Crippen molar-refractivity contribution in [3.8, 4) is 5.75 Å². The number of nitrogens with one attached hydrogen (secondary N) is 1. The summed E-state index contributed by atoms with van der Waals surface area (Å²) in [5.41, 5.74) is 2.23. The standard InChI is InChI=1S/C22H24N2O3S/c1-24(13-5-8-17-6-3-2-4-7-17)14-15-27-19-11-9-18(10-12-19)16-20-21(25)23-22(26)28-20/h2-4,6-7,9-12,16H,5,8,13-15H2,1H3,(H,23,25,26)/b20-16+. The van der Waals surface area contributed by atoms with Gasteiger partial charge in [0.05, 0.1) is 4.91 Å². The molecule has 0 saturated carbocycles. The van der Waals surface area contributed by atoms with E-state index in [1.807, 2.05) is 30.3 Å². The van der Waals surface area contributed by atoms with Crippen LogP contribution in [-0.2, 0) is 11.2 Å². The Bertz CT molecular complexity index is 835. The Labute approximate surface area is 169 Å². The normalized spacial score (nSPS) is 15.3. The molecular formula is C22H24N2O3S. The average molecular weight is 397 g/mol. The van der Waals surface area contributed by atoms with Gasteiger partial charge in [-0.25, -0.2) is 0 Å². The predicted octanol–water partition coefficient (Wildman–Crippen LogP) is 3.95. The number of rotatable bonds is 9. The zero-order valence-electron chi connectivity index (χ0n) is 15.9. The van der Waals surface area contributed by atoms with Crippen molar-refractivity contribution in [3.05, 3.63) is 70.6 Å². The monoisotopic (exact) mass is 396 g/mol. The lowest BCUT2D eigenvalue weighted by atomic mass is 10.1. The van der Waals surface area contributed by atoms with E-state index in [0.29, 0.717) is 11.5 Å². The van der Waals surface area contributed by atoms with Gasteiger partial charge < -0.3 is 9.64 Å². The molecule has 0 unspecified atom stereocenters. The molecule has 0 atom stereocenters. The highest BCUT2D eigenvalue weighted by molar-refractivity contribution is 8.18. The van der Waals surface area contributed by atoms with Crippen LogP contribution in [0.2, 0.25) is 0 Å². The number of nitrogens with zero attached hydrogens (tertiary/aromatic N) is 1. The fraction of sp³-hybridized carbons (Fsp3) is 0.273. The Hall–Kier alpha value is -2.57. The summed E-state index contributed by atoms with van der Waals surface area (Å²) in [5.74, 6) is 0.449. The molecule has 2 aromatic rings. The van der Waals surface area contributed by atoms with Crippen molar-refractivity contribution >= 4 is 29.0 Å². The first-order valence-electron chi connectivity index (χ1n) is 9.30. The lowest BCUT2D eigenvalue weighted by molar-refractivity contribution is -0.115. The molecule has 0 spiro atoms. The Kier molecular flexibility index (Phi) is 7.28. The van der Waals surface area contributed by atoms with E-state index in [1.165, 1.54) is 5.56 Å². The number of thioether (sulfide) groups is 1. The molecule has 0 bridgehead atoms. The minimum atomic E-state index is -0.342. The Morgan fingerprint density at radius 1 is 1.04 bits per heavy atom. The van der Waals surface area contributed by atoms with Gasteiger partial charge in [-0.2, -0.15) is 0 Å². The van der Waals surface area contributed by atoms with Crippen LogP contribution in [0.3, 0.4) is 0 Å². The van der Waals surface area contributed by atoms with Crippen LogP contribution in [0.5, 0.6) is 5.75 Å². The van der Waals surface area contributed by atoms with Crippen LogP contribution in [0.25, 0.3) is 6.08 Å². The number of hydrogen-bond acceptors (Lipinski definition) is 5. The van der Waals surface area contributed by atoms with Gasteiger partial charge in [0.25, 0.3) is 11.1 Å². The van der Waals surface area contributed by atoms with Crippen molar-refractivity contribution < 1.29 is 14.3 Å². The number of carbonyl (C=O) groups is 2. The van der Waals surface area contributed by atoms with Gasteiger partial charge >= 0.3 is 0 Å². The first kappa shape index (κ1) is 20.2. The summed E-state index contributed by atoms with van der Waals surface area (Å²) < 4.78 is 5.80. The van der Waals surface area contributed by atoms with Gasteiger partial charge in [-0.3, -0.25) is 14.9 Å². The summed E-state index contributed by atoms with van der Waals surface area (Å²) in [4.78, 5) is 25.4. The number of imide groups is 1. The van der Waals surface area contributed by atoms with Gasteiger partial charge in [0.15, 0.2) is 0 Å². The maximum atomic E-state index is 11.6. The van der Waals surface area contributed by atoms with Gasteiger partial charge in [-0.15, -0.1) is 0 Å². The zero-order valence-corrected chi connectivity index (χ0v) is 16.7. The third kappa shape index (κ3) is 6.25. The third-order valence-electron chi connectivity index (χ3n) is 4.41. The second-order valence-electron chi connectivity index (χ2n) is 6.66. The first-order chi connectivity index (χ1) is 13.6. The van der Waals surface area contributed by atoms with Crippen LogP contribution in [0.1, 0.15) is 17.5 Å². The molecule has 28 heavy (non-hydrogen) atoms. The van der Waals surface area contributed by atoms with Gasteiger partial charge in [0, 0.05) is 6.54 Å². The molecule has 5 nitrogen and oxygen atoms in total. The SMILES string of the molecule is CN(CCCc1ccccc1)CCOc1ccc(/C=C2/SC(=O)NC2=O)cc1. The van der Waals surface area contributed by atoms with Gasteiger partial charge in [-0.05, 0) is 67.5 Å². The van der Waals surface area contributed by atoms with E-state index in [0.717, 1.165) is 49.0 Å². The average Bonchev–Trinajstić information content (AvgIpc) is 3.01. The summed E-state index contributed by atoms with van der Waals surface area (Å²) in [6.07, 6.45) is 3.91. The molecule has 1 aliphatic rings. The van der Waals surface area contributed by atoms with E-state index in [-0.39, 0.29) is 11.1 Å². The molecule has 1 N–H and O–H groups in total. The molecule has 3 rings (SSSR count). The molecule has 1 saturated heterocycles. The highest BCUT2D eigenvalue weighted by atomic mass is 32.2. The second kappa shape index (κ2) is 10.1. The summed E-state index contributed by atoms with van der Waals surface area (Å²) >= 11 is 0.919. The summed E-state index contributed by atoms with van der Waals surface area (Å²) in [6, 6.07) is 18.0. The Balaban J connectivity index is 1.37. The first-order valence-corrected chi connectivity index (χ1v) is 10.1. The zero-order chi connectivity index (χ0) is 19.8. The van der Waals surface area contributed by atoms with Crippen molar-refractivity contribution in [2.75, 3.05) is 26.7 Å². The number of likely N-dealkylation sites (N-methyl/N-ethyl adjacent to an activating group) is 1. The van der Waals surface area contributed by atoms with Crippen LogP contribution in [0.15, 0.2) is 59.5 Å². The lowest BCUT2D eigenvalue weighted by Crippen LogP contribution is -2.25. The second-order valence-corrected chi connectivity index (χ2v) is 7.68. The van der Waals surface area contributed by atoms with Crippen LogP contribution >= 0.6 is 11.8 Å². The van der Waals surface area contributed by atoms with Gasteiger partial charge in [-0.1, -0.05) is 42.5 Å². The van der Waals surface area contributed by atoms with E-state index in [1.54, 1.807) is 6.08 Å². The van der Waals surface area contributed by atoms with Gasteiger partial charge in [0.1, 0.15) is 12.4 Å². The van der Waals surface area contributed by atoms with Crippen LogP contribution in [0, 0.1) is 0 Å². The van der Waals surface area contributed by atoms with Crippen molar-refractivity contribution in [2.24, 2.45) is 0 Å². The molecule has 146 valence electrons. The van der Waals surface area contributed by atoms with Crippen molar-refractivity contribution in [2.45, 2.75) is 12.8 Å². The van der Waals surface area contributed by atoms with Gasteiger partial charge in [0.2, 0.25) is 0 Å². The van der Waals surface area contributed by atoms with Crippen LogP contribution in [-0.4, -0.2) is 42.8 Å². The topological polar surface area (TPSA) is 58.6 Å². The van der Waals surface area contributed by atoms with E-state index < -0.39 is 0 Å². The minimum Gasteiger partial charge on any atom is -0.492 e. The largest absolute Gasteiger partial charge is 0.492 e. The Morgan fingerprint density at radius 2 is 1.79 bits per heavy atom. The van der Waals surface area contributed by atoms with Crippen LogP contribution in [0.4, 0.5) is 4.79 Å². The quantitative estimate of drug-likeness (QED) is 0.651. The number of hydrogen-bond donors (Lipinski definition) is 1. The molecule has 2 amide bonds. The molecule has 1 heterocycles. The molecule has 1 aliphatic heterocycles.